The number of ether oxygens (including phenoxy) is 2. The number of nitrogens with zero attached hydrogens (tertiary/aromatic N) is 1. The Labute approximate surface area is 110 Å². The fourth-order valence-corrected chi connectivity index (χ4v) is 1.60. The number of hydrogen-bond donors (Lipinski definition) is 0. The highest BCUT2D eigenvalue weighted by Crippen LogP contribution is 2.31. The van der Waals surface area contributed by atoms with Crippen LogP contribution in [0.1, 0.15) is 5.56 Å². The number of nitriles is 1. The molecule has 0 unspecified atom stereocenters. The minimum absolute atomic E-state index is 0.448. The van der Waals surface area contributed by atoms with Crippen molar-refractivity contribution in [3.8, 4) is 23.3 Å². The highest BCUT2D eigenvalue weighted by molar-refractivity contribution is 6.32. The predicted octanol–water partition coefficient (Wildman–Crippen LogP) is 4.01. The van der Waals surface area contributed by atoms with Crippen LogP contribution in [-0.2, 0) is 0 Å². The van der Waals surface area contributed by atoms with Crippen molar-refractivity contribution < 1.29 is 9.47 Å². The fourth-order valence-electron chi connectivity index (χ4n) is 1.44. The summed E-state index contributed by atoms with van der Waals surface area (Å²) in [7, 11) is 1.59. The van der Waals surface area contributed by atoms with Gasteiger partial charge in [0, 0.05) is 12.1 Å². The van der Waals surface area contributed by atoms with E-state index in [1.165, 1.54) is 0 Å². The maximum absolute atomic E-state index is 8.83. The molecule has 0 aromatic heterocycles. The van der Waals surface area contributed by atoms with Gasteiger partial charge in [-0.1, -0.05) is 17.7 Å². The SMILES string of the molecule is COc1cccc(Oc2cc(C#N)ccc2Cl)c1. The number of benzene rings is 2. The van der Waals surface area contributed by atoms with Crippen LogP contribution in [0.5, 0.6) is 17.2 Å². The second-order valence-corrected chi connectivity index (χ2v) is 3.95. The highest BCUT2D eigenvalue weighted by Gasteiger charge is 2.05. The molecule has 0 heterocycles. The van der Waals surface area contributed by atoms with E-state index in [1.54, 1.807) is 37.4 Å². The maximum Gasteiger partial charge on any atom is 0.147 e. The molecule has 0 atom stereocenters. The Morgan fingerprint density at radius 2 is 1.89 bits per heavy atom. The van der Waals surface area contributed by atoms with Crippen LogP contribution >= 0.6 is 11.6 Å². The normalized spacial score (nSPS) is 9.61. The average Bonchev–Trinajstić information content (AvgIpc) is 2.41. The van der Waals surface area contributed by atoms with Crippen molar-refractivity contribution >= 4 is 11.6 Å². The van der Waals surface area contributed by atoms with Crippen molar-refractivity contribution in [3.05, 3.63) is 53.1 Å². The molecule has 0 amide bonds. The van der Waals surface area contributed by atoms with Gasteiger partial charge in [0.25, 0.3) is 0 Å². The van der Waals surface area contributed by atoms with Crippen molar-refractivity contribution in [1.29, 1.82) is 5.26 Å². The molecule has 0 saturated heterocycles. The number of hydrogen-bond acceptors (Lipinski definition) is 3. The van der Waals surface area contributed by atoms with Gasteiger partial charge in [-0.25, -0.2) is 0 Å². The van der Waals surface area contributed by atoms with Gasteiger partial charge in [-0.3, -0.25) is 0 Å². The topological polar surface area (TPSA) is 42.2 Å². The molecule has 0 aliphatic carbocycles. The van der Waals surface area contributed by atoms with Crippen molar-refractivity contribution in [2.45, 2.75) is 0 Å². The molecule has 18 heavy (non-hydrogen) atoms. The lowest BCUT2D eigenvalue weighted by molar-refractivity contribution is 0.409. The third kappa shape index (κ3) is 2.73. The van der Waals surface area contributed by atoms with E-state index in [1.807, 2.05) is 18.2 Å². The monoisotopic (exact) mass is 259 g/mol. The van der Waals surface area contributed by atoms with E-state index < -0.39 is 0 Å². The van der Waals surface area contributed by atoms with Crippen LogP contribution in [0.15, 0.2) is 42.5 Å². The first-order valence-corrected chi connectivity index (χ1v) is 5.62. The minimum Gasteiger partial charge on any atom is -0.497 e. The first-order chi connectivity index (χ1) is 8.72. The Bertz CT molecular complexity index is 605. The predicted molar refractivity (Wildman–Crippen MR) is 69.2 cm³/mol. The van der Waals surface area contributed by atoms with Crippen LogP contribution in [0.3, 0.4) is 0 Å². The molecular weight excluding hydrogens is 250 g/mol. The van der Waals surface area contributed by atoms with Gasteiger partial charge in [-0.2, -0.15) is 5.26 Å². The van der Waals surface area contributed by atoms with Crippen LogP contribution in [0, 0.1) is 11.3 Å². The van der Waals surface area contributed by atoms with E-state index in [9.17, 15) is 0 Å². The second-order valence-electron chi connectivity index (χ2n) is 3.54. The van der Waals surface area contributed by atoms with Gasteiger partial charge in [-0.05, 0) is 24.3 Å². The Balaban J connectivity index is 2.30. The molecule has 0 radical (unpaired) electrons. The third-order valence-corrected chi connectivity index (χ3v) is 2.64. The highest BCUT2D eigenvalue weighted by atomic mass is 35.5. The zero-order chi connectivity index (χ0) is 13.0. The van der Waals surface area contributed by atoms with Gasteiger partial charge < -0.3 is 9.47 Å². The maximum atomic E-state index is 8.83. The van der Waals surface area contributed by atoms with E-state index in [0.29, 0.717) is 27.8 Å². The van der Waals surface area contributed by atoms with Crippen LogP contribution in [0.4, 0.5) is 0 Å². The summed E-state index contributed by atoms with van der Waals surface area (Å²) in [5, 5.41) is 9.29. The summed E-state index contributed by atoms with van der Waals surface area (Å²) in [6.07, 6.45) is 0. The zero-order valence-electron chi connectivity index (χ0n) is 9.68. The first-order valence-electron chi connectivity index (χ1n) is 5.24. The Kier molecular flexibility index (Phi) is 3.71. The smallest absolute Gasteiger partial charge is 0.147 e. The van der Waals surface area contributed by atoms with E-state index in [2.05, 4.69) is 0 Å². The lowest BCUT2D eigenvalue weighted by atomic mass is 10.2. The van der Waals surface area contributed by atoms with E-state index in [-0.39, 0.29) is 0 Å². The molecule has 2 rings (SSSR count). The lowest BCUT2D eigenvalue weighted by Crippen LogP contribution is -1.88. The largest absolute Gasteiger partial charge is 0.497 e. The van der Waals surface area contributed by atoms with Crippen LogP contribution in [-0.4, -0.2) is 7.11 Å². The lowest BCUT2D eigenvalue weighted by Gasteiger charge is -2.08. The van der Waals surface area contributed by atoms with E-state index in [0.717, 1.165) is 0 Å². The van der Waals surface area contributed by atoms with Gasteiger partial charge in [-0.15, -0.1) is 0 Å². The molecule has 0 bridgehead atoms. The van der Waals surface area contributed by atoms with Crippen LogP contribution < -0.4 is 9.47 Å². The quantitative estimate of drug-likeness (QED) is 0.836. The molecule has 0 saturated carbocycles. The molecule has 4 heteroatoms. The molecule has 0 aliphatic heterocycles. The Morgan fingerprint density at radius 3 is 2.61 bits per heavy atom. The zero-order valence-corrected chi connectivity index (χ0v) is 10.4. The van der Waals surface area contributed by atoms with Gasteiger partial charge >= 0.3 is 0 Å². The number of halogens is 1. The summed E-state index contributed by atoms with van der Waals surface area (Å²) >= 11 is 6.01. The number of rotatable bonds is 3. The standard InChI is InChI=1S/C14H10ClNO2/c1-17-11-3-2-4-12(8-11)18-14-7-10(9-16)5-6-13(14)15/h2-8H,1H3. The molecule has 2 aromatic carbocycles. The minimum atomic E-state index is 0.448. The summed E-state index contributed by atoms with van der Waals surface area (Å²) in [4.78, 5) is 0. The van der Waals surface area contributed by atoms with Gasteiger partial charge in [0.05, 0.1) is 23.8 Å². The molecule has 0 N–H and O–H groups in total. The molecular formula is C14H10ClNO2. The third-order valence-electron chi connectivity index (χ3n) is 2.33. The van der Waals surface area contributed by atoms with E-state index >= 15 is 0 Å². The van der Waals surface area contributed by atoms with Gasteiger partial charge in [0.1, 0.15) is 17.2 Å². The first kappa shape index (κ1) is 12.3. The Hall–Kier alpha value is -2.18. The molecule has 3 nitrogen and oxygen atoms in total. The van der Waals surface area contributed by atoms with Crippen molar-refractivity contribution in [1.82, 2.24) is 0 Å². The Morgan fingerprint density at radius 1 is 1.11 bits per heavy atom. The summed E-state index contributed by atoms with van der Waals surface area (Å²) in [5.41, 5.74) is 0.497. The summed E-state index contributed by atoms with van der Waals surface area (Å²) in [6, 6.07) is 14.1. The summed E-state index contributed by atoms with van der Waals surface area (Å²) in [6.45, 7) is 0. The second kappa shape index (κ2) is 5.44. The average molecular weight is 260 g/mol. The number of methoxy groups -OCH3 is 1. The van der Waals surface area contributed by atoms with Crippen LogP contribution in [0.2, 0.25) is 5.02 Å². The molecule has 90 valence electrons. The van der Waals surface area contributed by atoms with Crippen molar-refractivity contribution in [3.63, 3.8) is 0 Å². The fraction of sp³-hybridized carbons (Fsp3) is 0.0714. The van der Waals surface area contributed by atoms with E-state index in [4.69, 9.17) is 26.3 Å². The molecule has 0 fully saturated rings. The molecule has 0 spiro atoms. The van der Waals surface area contributed by atoms with Crippen molar-refractivity contribution in [2.75, 3.05) is 7.11 Å². The van der Waals surface area contributed by atoms with Crippen LogP contribution in [0.25, 0.3) is 0 Å². The molecule has 2 aromatic rings. The van der Waals surface area contributed by atoms with Gasteiger partial charge in [0.2, 0.25) is 0 Å². The summed E-state index contributed by atoms with van der Waals surface area (Å²) < 4.78 is 10.7. The van der Waals surface area contributed by atoms with Crippen molar-refractivity contribution in [2.24, 2.45) is 0 Å². The summed E-state index contributed by atoms with van der Waals surface area (Å²) in [5.74, 6) is 1.75. The van der Waals surface area contributed by atoms with Gasteiger partial charge in [0.15, 0.2) is 0 Å². The molecule has 0 aliphatic rings.